The van der Waals surface area contributed by atoms with Gasteiger partial charge in [-0.15, -0.1) is 4.83 Å². The summed E-state index contributed by atoms with van der Waals surface area (Å²) in [5.41, 5.74) is 3.12. The van der Waals surface area contributed by atoms with Gasteiger partial charge in [0.1, 0.15) is 0 Å². The molecule has 9 heteroatoms. The van der Waals surface area contributed by atoms with Gasteiger partial charge in [-0.2, -0.15) is 8.42 Å². The van der Waals surface area contributed by atoms with Crippen molar-refractivity contribution in [1.82, 2.24) is 10.3 Å². The van der Waals surface area contributed by atoms with Crippen molar-refractivity contribution in [1.29, 1.82) is 0 Å². The molecule has 0 bridgehead atoms. The lowest BCUT2D eigenvalue weighted by molar-refractivity contribution is 0.560. The Morgan fingerprint density at radius 1 is 0.957 bits per heavy atom. The molecule has 0 saturated heterocycles. The van der Waals surface area contributed by atoms with E-state index in [2.05, 4.69) is 5.43 Å². The van der Waals surface area contributed by atoms with Gasteiger partial charge in [0.15, 0.2) is 0 Å². The number of nitrogens with zero attached hydrogens (tertiary/aromatic N) is 1. The van der Waals surface area contributed by atoms with Gasteiger partial charge in [0.25, 0.3) is 8.87 Å². The lowest BCUT2D eigenvalue weighted by Crippen LogP contribution is -2.41. The third-order valence-electron chi connectivity index (χ3n) is 3.27. The second-order valence-corrected chi connectivity index (χ2v) is 10.2. The highest BCUT2D eigenvalue weighted by Crippen LogP contribution is 2.31. The van der Waals surface area contributed by atoms with Crippen molar-refractivity contribution in [3.63, 3.8) is 0 Å². The lowest BCUT2D eigenvalue weighted by atomic mass is 10.1. The molecule has 23 heavy (non-hydrogen) atoms. The highest BCUT2D eigenvalue weighted by atomic mass is 33.2. The van der Waals surface area contributed by atoms with Gasteiger partial charge in [-0.3, -0.25) is 0 Å². The molecule has 2 rings (SSSR count). The van der Waals surface area contributed by atoms with E-state index in [0.717, 1.165) is 5.69 Å². The molecule has 0 saturated carbocycles. The summed E-state index contributed by atoms with van der Waals surface area (Å²) < 4.78 is 49.3. The largest absolute Gasteiger partial charge is 0.377 e. The Balaban J connectivity index is 2.72. The van der Waals surface area contributed by atoms with E-state index in [0.29, 0.717) is 10.8 Å². The maximum Gasteiger partial charge on any atom is 0.334 e. The standard InChI is InChI=1S/C14H19N3O4S2/c1-4-15-16-23(20,21)22(18,19)14-10-6-7-11-12(14)8-5-9-13(11)17(2)3/h5-10,15-16H,4H2,1-3H3. The van der Waals surface area contributed by atoms with E-state index in [9.17, 15) is 16.8 Å². The van der Waals surface area contributed by atoms with Crippen LogP contribution in [0, 0.1) is 0 Å². The summed E-state index contributed by atoms with van der Waals surface area (Å²) in [6.45, 7) is 1.91. The summed E-state index contributed by atoms with van der Waals surface area (Å²) in [6, 6.07) is 9.71. The van der Waals surface area contributed by atoms with Crippen LogP contribution in [0.5, 0.6) is 0 Å². The summed E-state index contributed by atoms with van der Waals surface area (Å²) in [4.78, 5) is 3.46. The van der Waals surface area contributed by atoms with Crippen molar-refractivity contribution < 1.29 is 16.8 Å². The molecule has 7 nitrogen and oxygen atoms in total. The lowest BCUT2D eigenvalue weighted by Gasteiger charge is -2.17. The molecule has 0 unspecified atom stereocenters. The van der Waals surface area contributed by atoms with Gasteiger partial charge in [0, 0.05) is 37.1 Å². The Morgan fingerprint density at radius 3 is 2.17 bits per heavy atom. The third kappa shape index (κ3) is 3.18. The van der Waals surface area contributed by atoms with Crippen molar-refractivity contribution in [2.75, 3.05) is 25.5 Å². The minimum absolute atomic E-state index is 0.246. The van der Waals surface area contributed by atoms with Gasteiger partial charge in [-0.25, -0.2) is 13.8 Å². The highest BCUT2D eigenvalue weighted by molar-refractivity contribution is 8.66. The Morgan fingerprint density at radius 2 is 1.57 bits per heavy atom. The van der Waals surface area contributed by atoms with Crippen LogP contribution in [0.1, 0.15) is 6.92 Å². The fourth-order valence-electron chi connectivity index (χ4n) is 2.21. The number of rotatable bonds is 6. The topological polar surface area (TPSA) is 95.6 Å². The average molecular weight is 357 g/mol. The predicted octanol–water partition coefficient (Wildman–Crippen LogP) is 1.04. The van der Waals surface area contributed by atoms with E-state index in [1.807, 2.05) is 29.9 Å². The van der Waals surface area contributed by atoms with Crippen LogP contribution in [0.3, 0.4) is 0 Å². The van der Waals surface area contributed by atoms with Crippen LogP contribution in [-0.2, 0) is 17.9 Å². The number of hydrogen-bond donors (Lipinski definition) is 2. The number of hydrazine groups is 1. The molecular formula is C14H19N3O4S2. The summed E-state index contributed by atoms with van der Waals surface area (Å²) in [7, 11) is -5.54. The molecule has 0 amide bonds. The fraction of sp³-hybridized carbons (Fsp3) is 0.286. The van der Waals surface area contributed by atoms with E-state index in [1.54, 1.807) is 25.1 Å². The highest BCUT2D eigenvalue weighted by Gasteiger charge is 2.33. The second-order valence-electron chi connectivity index (χ2n) is 5.06. The number of hydrogen-bond acceptors (Lipinski definition) is 6. The van der Waals surface area contributed by atoms with Gasteiger partial charge in [-0.1, -0.05) is 31.2 Å². The van der Waals surface area contributed by atoms with E-state index >= 15 is 0 Å². The van der Waals surface area contributed by atoms with Crippen LogP contribution < -0.4 is 15.2 Å². The van der Waals surface area contributed by atoms with Crippen LogP contribution in [0.15, 0.2) is 41.3 Å². The molecule has 0 aliphatic heterocycles. The summed E-state index contributed by atoms with van der Waals surface area (Å²) in [5, 5.41) is 1.03. The number of fused-ring (bicyclic) bond motifs is 1. The van der Waals surface area contributed by atoms with E-state index in [-0.39, 0.29) is 11.4 Å². The van der Waals surface area contributed by atoms with Gasteiger partial charge < -0.3 is 4.90 Å². The molecule has 126 valence electrons. The molecule has 0 heterocycles. The molecule has 0 aromatic heterocycles. The Hall–Kier alpha value is -1.68. The van der Waals surface area contributed by atoms with Gasteiger partial charge in [-0.05, 0) is 12.1 Å². The van der Waals surface area contributed by atoms with Crippen LogP contribution in [0.2, 0.25) is 0 Å². The van der Waals surface area contributed by atoms with Crippen molar-refractivity contribution in [2.45, 2.75) is 11.8 Å². The third-order valence-corrected chi connectivity index (χ3v) is 7.66. The van der Waals surface area contributed by atoms with Gasteiger partial charge in [0.2, 0.25) is 0 Å². The maximum absolute atomic E-state index is 12.6. The number of benzene rings is 2. The first-order valence-corrected chi connectivity index (χ1v) is 10.4. The Bertz CT molecular complexity index is 922. The normalized spacial score (nSPS) is 12.5. The Labute approximate surface area is 135 Å². The monoisotopic (exact) mass is 357 g/mol. The molecule has 2 N–H and O–H groups in total. The Kier molecular flexibility index (Phi) is 4.95. The molecule has 0 radical (unpaired) electrons. The van der Waals surface area contributed by atoms with Crippen LogP contribution >= 0.6 is 0 Å². The van der Waals surface area contributed by atoms with E-state index in [1.165, 1.54) is 12.1 Å². The molecule has 0 aliphatic rings. The summed E-state index contributed by atoms with van der Waals surface area (Å²) in [5.74, 6) is 0. The number of anilines is 1. The molecule has 0 fully saturated rings. The smallest absolute Gasteiger partial charge is 0.334 e. The van der Waals surface area contributed by atoms with Crippen LogP contribution in [0.25, 0.3) is 10.8 Å². The zero-order valence-electron chi connectivity index (χ0n) is 13.1. The summed E-state index contributed by atoms with van der Waals surface area (Å²) >= 11 is 0. The first-order valence-electron chi connectivity index (χ1n) is 6.91. The van der Waals surface area contributed by atoms with E-state index in [4.69, 9.17) is 0 Å². The summed E-state index contributed by atoms with van der Waals surface area (Å²) in [6.07, 6.45) is 0. The zero-order valence-corrected chi connectivity index (χ0v) is 14.7. The zero-order chi connectivity index (χ0) is 17.3. The quantitative estimate of drug-likeness (QED) is 0.592. The van der Waals surface area contributed by atoms with Crippen molar-refractivity contribution in [3.05, 3.63) is 36.4 Å². The van der Waals surface area contributed by atoms with Crippen LogP contribution in [-0.4, -0.2) is 37.5 Å². The molecule has 2 aromatic rings. The molecule has 0 atom stereocenters. The average Bonchev–Trinajstić information content (AvgIpc) is 2.51. The fourth-order valence-corrected chi connectivity index (χ4v) is 5.22. The molecule has 0 spiro atoms. The first kappa shape index (κ1) is 17.7. The van der Waals surface area contributed by atoms with Crippen molar-refractivity contribution in [2.24, 2.45) is 0 Å². The first-order chi connectivity index (χ1) is 10.7. The van der Waals surface area contributed by atoms with Crippen molar-refractivity contribution in [3.8, 4) is 0 Å². The van der Waals surface area contributed by atoms with Crippen LogP contribution in [0.4, 0.5) is 5.69 Å². The minimum Gasteiger partial charge on any atom is -0.377 e. The molecule has 0 aliphatic carbocycles. The molecule has 2 aromatic carbocycles. The van der Waals surface area contributed by atoms with E-state index < -0.39 is 17.9 Å². The SMILES string of the molecule is CCNNS(=O)(=O)S(=O)(=O)c1cccc2c(N(C)C)cccc12. The molecular weight excluding hydrogens is 338 g/mol. The maximum atomic E-state index is 12.6. The van der Waals surface area contributed by atoms with Gasteiger partial charge in [0.05, 0.1) is 4.90 Å². The van der Waals surface area contributed by atoms with Crippen molar-refractivity contribution >= 4 is 34.4 Å². The minimum atomic E-state index is -4.60. The number of nitrogens with one attached hydrogen (secondary N) is 2. The predicted molar refractivity (Wildman–Crippen MR) is 91.2 cm³/mol. The second kappa shape index (κ2) is 6.44. The van der Waals surface area contributed by atoms with Gasteiger partial charge >= 0.3 is 9.06 Å².